The zero-order valence-corrected chi connectivity index (χ0v) is 13.0. The van der Waals surface area contributed by atoms with Gasteiger partial charge < -0.3 is 10.6 Å². The van der Waals surface area contributed by atoms with E-state index in [2.05, 4.69) is 10.6 Å². The first-order valence-corrected chi connectivity index (χ1v) is 7.28. The lowest BCUT2D eigenvalue weighted by molar-refractivity contribution is -0.116. The molecule has 0 aliphatic heterocycles. The summed E-state index contributed by atoms with van der Waals surface area (Å²) >= 11 is 5.81. The molecule has 2 amide bonds. The van der Waals surface area contributed by atoms with Crippen molar-refractivity contribution >= 4 is 29.1 Å². The molecular formula is C17H17ClN2O2. The first kappa shape index (κ1) is 16.0. The van der Waals surface area contributed by atoms with Crippen LogP contribution < -0.4 is 10.6 Å². The lowest BCUT2D eigenvalue weighted by atomic mass is 10.1. The molecule has 5 heteroatoms. The Hall–Kier alpha value is -2.33. The number of halogens is 1. The average molecular weight is 317 g/mol. The number of urea groups is 1. The predicted octanol–water partition coefficient (Wildman–Crippen LogP) is 3.79. The maximum Gasteiger partial charge on any atom is 0.319 e. The first-order chi connectivity index (χ1) is 10.5. The molecule has 2 rings (SSSR count). The summed E-state index contributed by atoms with van der Waals surface area (Å²) < 4.78 is 0. The number of carbonyl (C=O) groups excluding carboxylic acids is 2. The molecule has 0 aliphatic rings. The number of Topliss-reactive ketones (excluding diaryl/α,β-unsaturated/α-hetero) is 1. The van der Waals surface area contributed by atoms with Crippen LogP contribution in [-0.2, 0) is 17.8 Å². The van der Waals surface area contributed by atoms with Gasteiger partial charge in [-0.2, -0.15) is 0 Å². The third-order valence-corrected chi connectivity index (χ3v) is 3.28. The minimum absolute atomic E-state index is 0.112. The number of hydrogen-bond acceptors (Lipinski definition) is 2. The van der Waals surface area contributed by atoms with Crippen molar-refractivity contribution < 1.29 is 9.59 Å². The molecule has 0 saturated carbocycles. The molecule has 0 fully saturated rings. The second-order valence-electron chi connectivity index (χ2n) is 5.01. The molecule has 0 radical (unpaired) electrons. The average Bonchev–Trinajstić information content (AvgIpc) is 2.48. The molecule has 114 valence electrons. The summed E-state index contributed by atoms with van der Waals surface area (Å²) in [6.07, 6.45) is 0.406. The van der Waals surface area contributed by atoms with E-state index < -0.39 is 0 Å². The summed E-state index contributed by atoms with van der Waals surface area (Å²) in [5.74, 6) is 0.112. The SMILES string of the molecule is CC(=O)Cc1ccc(NC(=O)NCc2ccc(Cl)cc2)cc1. The van der Waals surface area contributed by atoms with Gasteiger partial charge in [-0.3, -0.25) is 4.79 Å². The number of nitrogens with one attached hydrogen (secondary N) is 2. The number of anilines is 1. The van der Waals surface area contributed by atoms with Gasteiger partial charge in [0.2, 0.25) is 0 Å². The molecule has 0 saturated heterocycles. The van der Waals surface area contributed by atoms with Crippen LogP contribution >= 0.6 is 11.6 Å². The number of ketones is 1. The maximum atomic E-state index is 11.8. The quantitative estimate of drug-likeness (QED) is 0.881. The molecule has 0 unspecified atom stereocenters. The van der Waals surface area contributed by atoms with Gasteiger partial charge >= 0.3 is 6.03 Å². The van der Waals surface area contributed by atoms with Gasteiger partial charge in [0.15, 0.2) is 0 Å². The standard InChI is InChI=1S/C17H17ClN2O2/c1-12(21)10-13-4-8-16(9-5-13)20-17(22)19-11-14-2-6-15(18)7-3-14/h2-9H,10-11H2,1H3,(H2,19,20,22). The second-order valence-corrected chi connectivity index (χ2v) is 5.45. The normalized spacial score (nSPS) is 10.1. The third kappa shape index (κ3) is 5.22. The van der Waals surface area contributed by atoms with Crippen molar-refractivity contribution in [2.45, 2.75) is 19.9 Å². The molecular weight excluding hydrogens is 300 g/mol. The van der Waals surface area contributed by atoms with Crippen LogP contribution in [0.1, 0.15) is 18.1 Å². The number of benzene rings is 2. The van der Waals surface area contributed by atoms with Crippen LogP contribution in [-0.4, -0.2) is 11.8 Å². The van der Waals surface area contributed by atoms with Gasteiger partial charge in [-0.15, -0.1) is 0 Å². The van der Waals surface area contributed by atoms with Crippen molar-refractivity contribution in [3.63, 3.8) is 0 Å². The summed E-state index contributed by atoms with van der Waals surface area (Å²) in [6.45, 7) is 1.97. The van der Waals surface area contributed by atoms with Crippen molar-refractivity contribution in [3.05, 3.63) is 64.7 Å². The predicted molar refractivity (Wildman–Crippen MR) is 88.1 cm³/mol. The van der Waals surface area contributed by atoms with E-state index in [4.69, 9.17) is 11.6 Å². The Bertz CT molecular complexity index is 651. The van der Waals surface area contributed by atoms with Crippen LogP contribution in [0.3, 0.4) is 0 Å². The summed E-state index contributed by atoms with van der Waals surface area (Å²) in [7, 11) is 0. The highest BCUT2D eigenvalue weighted by molar-refractivity contribution is 6.30. The number of carbonyl (C=O) groups is 2. The van der Waals surface area contributed by atoms with Gasteiger partial charge in [0.25, 0.3) is 0 Å². The van der Waals surface area contributed by atoms with Crippen molar-refractivity contribution in [2.24, 2.45) is 0 Å². The molecule has 0 bridgehead atoms. The molecule has 2 aromatic rings. The highest BCUT2D eigenvalue weighted by Gasteiger charge is 2.03. The summed E-state index contributed by atoms with van der Waals surface area (Å²) in [6, 6.07) is 14.2. The number of hydrogen-bond donors (Lipinski definition) is 2. The summed E-state index contributed by atoms with van der Waals surface area (Å²) in [5, 5.41) is 6.18. The van der Waals surface area contributed by atoms with Crippen molar-refractivity contribution in [2.75, 3.05) is 5.32 Å². The van der Waals surface area contributed by atoms with Crippen molar-refractivity contribution in [1.82, 2.24) is 5.32 Å². The number of rotatable bonds is 5. The lowest BCUT2D eigenvalue weighted by Gasteiger charge is -2.08. The molecule has 0 atom stereocenters. The summed E-state index contributed by atoms with van der Waals surface area (Å²) in [5.41, 5.74) is 2.58. The molecule has 0 heterocycles. The number of amides is 2. The Balaban J connectivity index is 1.83. The lowest BCUT2D eigenvalue weighted by Crippen LogP contribution is -2.28. The maximum absolute atomic E-state index is 11.8. The minimum atomic E-state index is -0.283. The van der Waals surface area contributed by atoms with Crippen LogP contribution in [0.2, 0.25) is 5.02 Å². The fourth-order valence-electron chi connectivity index (χ4n) is 1.95. The second kappa shape index (κ2) is 7.61. The van der Waals surface area contributed by atoms with Crippen LogP contribution in [0.5, 0.6) is 0 Å². The topological polar surface area (TPSA) is 58.2 Å². The monoisotopic (exact) mass is 316 g/mol. The van der Waals surface area contributed by atoms with Crippen LogP contribution in [0, 0.1) is 0 Å². The highest BCUT2D eigenvalue weighted by atomic mass is 35.5. The zero-order chi connectivity index (χ0) is 15.9. The smallest absolute Gasteiger partial charge is 0.319 e. The minimum Gasteiger partial charge on any atom is -0.334 e. The Morgan fingerprint density at radius 2 is 1.55 bits per heavy atom. The molecule has 4 nitrogen and oxygen atoms in total. The van der Waals surface area contributed by atoms with Gasteiger partial charge in [-0.05, 0) is 42.3 Å². The van der Waals surface area contributed by atoms with Crippen molar-refractivity contribution in [1.29, 1.82) is 0 Å². The zero-order valence-electron chi connectivity index (χ0n) is 12.2. The molecule has 0 aliphatic carbocycles. The Morgan fingerprint density at radius 1 is 0.955 bits per heavy atom. The van der Waals surface area contributed by atoms with Gasteiger partial charge in [0.1, 0.15) is 5.78 Å². The largest absolute Gasteiger partial charge is 0.334 e. The molecule has 0 spiro atoms. The fourth-order valence-corrected chi connectivity index (χ4v) is 2.08. The molecule has 2 aromatic carbocycles. The van der Waals surface area contributed by atoms with E-state index in [1.165, 1.54) is 0 Å². The van der Waals surface area contributed by atoms with Crippen LogP contribution in [0.15, 0.2) is 48.5 Å². The Kier molecular flexibility index (Phi) is 5.55. The van der Waals surface area contributed by atoms with E-state index in [9.17, 15) is 9.59 Å². The van der Waals surface area contributed by atoms with E-state index in [0.717, 1.165) is 11.1 Å². The van der Waals surface area contributed by atoms with Gasteiger partial charge in [0, 0.05) is 23.7 Å². The van der Waals surface area contributed by atoms with E-state index in [-0.39, 0.29) is 11.8 Å². The van der Waals surface area contributed by atoms with Gasteiger partial charge in [-0.25, -0.2) is 4.79 Å². The van der Waals surface area contributed by atoms with Crippen LogP contribution in [0.25, 0.3) is 0 Å². The van der Waals surface area contributed by atoms with Crippen LogP contribution in [0.4, 0.5) is 10.5 Å². The van der Waals surface area contributed by atoms with E-state index in [1.54, 1.807) is 31.2 Å². The molecule has 0 aromatic heterocycles. The first-order valence-electron chi connectivity index (χ1n) is 6.90. The van der Waals surface area contributed by atoms with E-state index >= 15 is 0 Å². The van der Waals surface area contributed by atoms with Gasteiger partial charge in [0.05, 0.1) is 0 Å². The highest BCUT2D eigenvalue weighted by Crippen LogP contribution is 2.11. The molecule has 2 N–H and O–H groups in total. The Labute approximate surface area is 134 Å². The van der Waals surface area contributed by atoms with E-state index in [1.807, 2.05) is 24.3 Å². The summed E-state index contributed by atoms with van der Waals surface area (Å²) in [4.78, 5) is 22.8. The third-order valence-electron chi connectivity index (χ3n) is 3.03. The fraction of sp³-hybridized carbons (Fsp3) is 0.176. The van der Waals surface area contributed by atoms with E-state index in [0.29, 0.717) is 23.7 Å². The van der Waals surface area contributed by atoms with Crippen molar-refractivity contribution in [3.8, 4) is 0 Å². The Morgan fingerprint density at radius 3 is 2.14 bits per heavy atom. The van der Waals surface area contributed by atoms with Gasteiger partial charge in [-0.1, -0.05) is 35.9 Å². The molecule has 22 heavy (non-hydrogen) atoms.